The van der Waals surface area contributed by atoms with Gasteiger partial charge in [-0.25, -0.2) is 9.07 Å². The summed E-state index contributed by atoms with van der Waals surface area (Å²) < 4.78 is 16.8. The molecule has 3 aromatic rings. The topological polar surface area (TPSA) is 68.9 Å². The molecular weight excluding hydrogens is 431 g/mol. The summed E-state index contributed by atoms with van der Waals surface area (Å²) in [5.41, 5.74) is 4.06. The predicted molar refractivity (Wildman–Crippen MR) is 131 cm³/mol. The van der Waals surface area contributed by atoms with Crippen molar-refractivity contribution in [2.45, 2.75) is 26.4 Å². The Balaban J connectivity index is 1.51. The molecule has 0 saturated heterocycles. The van der Waals surface area contributed by atoms with Crippen LogP contribution in [-0.2, 0) is 24.3 Å². The van der Waals surface area contributed by atoms with E-state index in [0.29, 0.717) is 23.5 Å². The van der Waals surface area contributed by atoms with Crippen LogP contribution in [-0.4, -0.2) is 20.3 Å². The summed E-state index contributed by atoms with van der Waals surface area (Å²) in [6.07, 6.45) is 2.60. The predicted octanol–water partition coefficient (Wildman–Crippen LogP) is 4.69. The van der Waals surface area contributed by atoms with Crippen molar-refractivity contribution in [2.24, 2.45) is 0 Å². The van der Waals surface area contributed by atoms with E-state index in [2.05, 4.69) is 10.4 Å². The zero-order valence-corrected chi connectivity index (χ0v) is 18.7. The number of aryl methyl sites for hydroxylation is 1. The first kappa shape index (κ1) is 21.6. The molecule has 0 aromatic heterocycles. The summed E-state index contributed by atoms with van der Waals surface area (Å²) in [6, 6.07) is 21.6. The molecule has 0 bridgehead atoms. The lowest BCUT2D eigenvalue weighted by molar-refractivity contribution is -0.116. The van der Waals surface area contributed by atoms with Gasteiger partial charge >= 0.3 is 0 Å². The molecule has 2 aliphatic rings. The summed E-state index contributed by atoms with van der Waals surface area (Å²) in [7, 11) is 0. The first-order valence-corrected chi connectivity index (χ1v) is 11.1. The number of carbonyl (C=O) groups excluding carboxylic acids is 1. The lowest BCUT2D eigenvalue weighted by Crippen LogP contribution is -2.26. The maximum atomic E-state index is 13.7. The highest BCUT2D eigenvalue weighted by atomic mass is 19.1. The lowest BCUT2D eigenvalue weighted by atomic mass is 10.1. The Morgan fingerprint density at radius 1 is 1.00 bits per heavy atom. The molecule has 0 atom stereocenters. The molecule has 1 N–H and O–H groups in total. The first-order chi connectivity index (χ1) is 16.5. The van der Waals surface area contributed by atoms with Gasteiger partial charge in [-0.2, -0.15) is 5.10 Å². The van der Waals surface area contributed by atoms with E-state index >= 15 is 0 Å². The zero-order valence-electron chi connectivity index (χ0n) is 18.7. The number of carbonyl (C=O) groups is 1. The monoisotopic (exact) mass is 454 g/mol. The van der Waals surface area contributed by atoms with Crippen molar-refractivity contribution in [1.82, 2.24) is 14.3 Å². The van der Waals surface area contributed by atoms with E-state index in [9.17, 15) is 14.0 Å². The number of hydrogen-bond donors (Lipinski definition) is 1. The van der Waals surface area contributed by atoms with Crippen LogP contribution in [0.1, 0.15) is 18.1 Å². The third kappa shape index (κ3) is 4.20. The molecule has 1 amide bonds. The number of amides is 1. The Kier molecular flexibility index (Phi) is 5.67. The molecule has 6 nitrogen and oxygen atoms in total. The van der Waals surface area contributed by atoms with Crippen molar-refractivity contribution in [3.8, 4) is 11.3 Å². The van der Waals surface area contributed by atoms with Crippen LogP contribution in [0, 0.1) is 5.82 Å². The second-order valence-electron chi connectivity index (χ2n) is 8.23. The maximum Gasteiger partial charge on any atom is 0.278 e. The SMILES string of the molecule is CCc1cccc(NC(=O)Cn2nc3c4ccccc4n(Cc4cccc(F)c4)cc-3c2=O)c1. The number of fused-ring (bicyclic) bond motifs is 3. The quantitative estimate of drug-likeness (QED) is 0.405. The molecule has 0 saturated carbocycles. The Hall–Kier alpha value is -4.26. The van der Waals surface area contributed by atoms with E-state index in [-0.39, 0.29) is 23.8 Å². The molecule has 2 heterocycles. The molecular formula is C27H23FN4O2. The van der Waals surface area contributed by atoms with Crippen LogP contribution in [0.4, 0.5) is 10.1 Å². The number of para-hydroxylation sites is 1. The molecule has 0 unspecified atom stereocenters. The van der Waals surface area contributed by atoms with Crippen molar-refractivity contribution in [3.05, 3.63) is 106 Å². The highest BCUT2D eigenvalue weighted by molar-refractivity contribution is 5.94. The van der Waals surface area contributed by atoms with E-state index in [1.54, 1.807) is 12.3 Å². The summed E-state index contributed by atoms with van der Waals surface area (Å²) in [4.78, 5) is 25.8. The minimum absolute atomic E-state index is 0.192. The molecule has 2 aliphatic heterocycles. The largest absolute Gasteiger partial charge is 0.342 e. The smallest absolute Gasteiger partial charge is 0.278 e. The normalized spacial score (nSPS) is 11.2. The lowest BCUT2D eigenvalue weighted by Gasteiger charge is -2.14. The fourth-order valence-electron chi connectivity index (χ4n) is 4.20. The van der Waals surface area contributed by atoms with Crippen LogP contribution >= 0.6 is 0 Å². The van der Waals surface area contributed by atoms with Gasteiger partial charge in [-0.05, 0) is 47.9 Å². The number of pyridine rings is 1. The van der Waals surface area contributed by atoms with Gasteiger partial charge in [-0.15, -0.1) is 0 Å². The molecule has 34 heavy (non-hydrogen) atoms. The first-order valence-electron chi connectivity index (χ1n) is 11.1. The third-order valence-corrected chi connectivity index (χ3v) is 5.85. The number of nitrogens with zero attached hydrogens (tertiary/aromatic N) is 3. The Morgan fingerprint density at radius 2 is 1.79 bits per heavy atom. The van der Waals surface area contributed by atoms with E-state index in [1.165, 1.54) is 16.8 Å². The van der Waals surface area contributed by atoms with Gasteiger partial charge in [0.1, 0.15) is 18.1 Å². The van der Waals surface area contributed by atoms with Crippen molar-refractivity contribution in [3.63, 3.8) is 0 Å². The zero-order chi connectivity index (χ0) is 23.7. The number of aromatic nitrogens is 3. The van der Waals surface area contributed by atoms with Crippen LogP contribution in [0.3, 0.4) is 0 Å². The summed E-state index contributed by atoms with van der Waals surface area (Å²) in [5, 5.41) is 8.13. The highest BCUT2D eigenvalue weighted by Gasteiger charge is 2.21. The van der Waals surface area contributed by atoms with Gasteiger partial charge in [0, 0.05) is 23.8 Å². The van der Waals surface area contributed by atoms with Crippen LogP contribution in [0.25, 0.3) is 22.2 Å². The average Bonchev–Trinajstić information content (AvgIpc) is 3.14. The molecule has 0 spiro atoms. The Labute approximate surface area is 195 Å². The van der Waals surface area contributed by atoms with Gasteiger partial charge in [-0.1, -0.05) is 49.4 Å². The minimum atomic E-state index is -0.341. The number of anilines is 1. The molecule has 5 rings (SSSR count). The van der Waals surface area contributed by atoms with Crippen LogP contribution in [0.5, 0.6) is 0 Å². The summed E-state index contributed by atoms with van der Waals surface area (Å²) >= 11 is 0. The minimum Gasteiger partial charge on any atom is -0.342 e. The van der Waals surface area contributed by atoms with Gasteiger partial charge in [0.2, 0.25) is 5.91 Å². The van der Waals surface area contributed by atoms with Crippen molar-refractivity contribution in [1.29, 1.82) is 0 Å². The Bertz CT molecular complexity index is 1540. The second-order valence-corrected chi connectivity index (χ2v) is 8.23. The van der Waals surface area contributed by atoms with Crippen molar-refractivity contribution in [2.75, 3.05) is 5.32 Å². The second kappa shape index (κ2) is 8.94. The van der Waals surface area contributed by atoms with Crippen LogP contribution in [0.15, 0.2) is 83.8 Å². The molecule has 3 aromatic carbocycles. The standard InChI is InChI=1S/C27H23FN4O2/c1-2-18-7-6-10-21(14-18)29-25(33)17-32-27(34)23-16-31(15-19-8-5-9-20(28)13-19)24-12-4-3-11-22(24)26(23)30-32/h3-14,16H,2,15,17H2,1H3,(H,29,33). The van der Waals surface area contributed by atoms with Gasteiger partial charge in [0.05, 0.1) is 11.1 Å². The van der Waals surface area contributed by atoms with Gasteiger partial charge in [0.15, 0.2) is 0 Å². The fourth-order valence-corrected chi connectivity index (χ4v) is 4.20. The highest BCUT2D eigenvalue weighted by Crippen LogP contribution is 2.28. The van der Waals surface area contributed by atoms with E-state index in [0.717, 1.165) is 28.5 Å². The summed E-state index contributed by atoms with van der Waals surface area (Å²) in [6.45, 7) is 2.25. The average molecular weight is 455 g/mol. The van der Waals surface area contributed by atoms with Crippen molar-refractivity contribution >= 4 is 22.5 Å². The molecule has 0 fully saturated rings. The van der Waals surface area contributed by atoms with Crippen LogP contribution < -0.4 is 10.9 Å². The number of benzene rings is 3. The third-order valence-electron chi connectivity index (χ3n) is 5.85. The van der Waals surface area contributed by atoms with Crippen LogP contribution in [0.2, 0.25) is 0 Å². The summed E-state index contributed by atoms with van der Waals surface area (Å²) in [5.74, 6) is -0.633. The number of halogens is 1. The molecule has 7 heteroatoms. The molecule has 170 valence electrons. The van der Waals surface area contributed by atoms with Gasteiger partial charge in [-0.3, -0.25) is 9.59 Å². The van der Waals surface area contributed by atoms with E-state index in [1.807, 2.05) is 66.1 Å². The van der Waals surface area contributed by atoms with Gasteiger partial charge < -0.3 is 9.88 Å². The fraction of sp³-hybridized carbons (Fsp3) is 0.148. The number of nitrogens with one attached hydrogen (secondary N) is 1. The Morgan fingerprint density at radius 3 is 2.62 bits per heavy atom. The number of hydrogen-bond acceptors (Lipinski definition) is 3. The van der Waals surface area contributed by atoms with E-state index < -0.39 is 0 Å². The molecule has 0 radical (unpaired) electrons. The van der Waals surface area contributed by atoms with Gasteiger partial charge in [0.25, 0.3) is 5.56 Å². The van der Waals surface area contributed by atoms with E-state index in [4.69, 9.17) is 0 Å². The van der Waals surface area contributed by atoms with Crippen molar-refractivity contribution < 1.29 is 9.18 Å². The maximum absolute atomic E-state index is 13.7. The molecule has 0 aliphatic carbocycles. The number of rotatable bonds is 6.